The van der Waals surface area contributed by atoms with Gasteiger partial charge in [0.05, 0.1) is 12.3 Å². The van der Waals surface area contributed by atoms with E-state index in [9.17, 15) is 4.39 Å². The Kier molecular flexibility index (Phi) is 6.60. The third kappa shape index (κ3) is 4.98. The van der Waals surface area contributed by atoms with Gasteiger partial charge in [-0.1, -0.05) is 6.92 Å². The molecule has 18 heavy (non-hydrogen) atoms. The van der Waals surface area contributed by atoms with Crippen LogP contribution in [0, 0.1) is 5.82 Å². The molecule has 2 N–H and O–H groups in total. The zero-order valence-electron chi connectivity index (χ0n) is 11.3. The fourth-order valence-electron chi connectivity index (χ4n) is 1.50. The molecule has 0 bridgehead atoms. The molecule has 0 aliphatic rings. The lowest BCUT2D eigenvalue weighted by Crippen LogP contribution is -2.21. The van der Waals surface area contributed by atoms with Crippen molar-refractivity contribution in [2.24, 2.45) is 0 Å². The molecule has 1 aromatic heterocycles. The van der Waals surface area contributed by atoms with Gasteiger partial charge in [-0.3, -0.25) is 0 Å². The average molecular weight is 255 g/mol. The van der Waals surface area contributed by atoms with Gasteiger partial charge in [0.1, 0.15) is 11.6 Å². The van der Waals surface area contributed by atoms with Crippen LogP contribution in [-0.4, -0.2) is 31.3 Å². The summed E-state index contributed by atoms with van der Waals surface area (Å²) in [5.74, 6) is 0.401. The maximum Gasteiger partial charge on any atom is 0.141 e. The molecule has 1 rings (SSSR count). The van der Waals surface area contributed by atoms with E-state index in [-0.39, 0.29) is 11.9 Å². The Balaban J connectivity index is 2.63. The number of rotatable bonds is 8. The maximum atomic E-state index is 13.2. The Labute approximate surface area is 108 Å². The third-order valence-electron chi connectivity index (χ3n) is 2.63. The Morgan fingerprint density at radius 3 is 2.94 bits per heavy atom. The fourth-order valence-corrected chi connectivity index (χ4v) is 1.50. The van der Waals surface area contributed by atoms with Crippen molar-refractivity contribution in [3.8, 4) is 0 Å². The topological polar surface area (TPSA) is 46.2 Å². The molecule has 0 aliphatic carbocycles. The van der Waals surface area contributed by atoms with E-state index in [0.29, 0.717) is 18.9 Å². The Morgan fingerprint density at radius 1 is 1.50 bits per heavy atom. The van der Waals surface area contributed by atoms with E-state index >= 15 is 0 Å². The van der Waals surface area contributed by atoms with Crippen molar-refractivity contribution in [1.29, 1.82) is 0 Å². The third-order valence-corrected chi connectivity index (χ3v) is 2.63. The lowest BCUT2D eigenvalue weighted by molar-refractivity contribution is 0.128. The van der Waals surface area contributed by atoms with E-state index in [1.54, 1.807) is 7.11 Å². The van der Waals surface area contributed by atoms with Crippen molar-refractivity contribution in [3.63, 3.8) is 0 Å². The SMILES string of the molecule is CCCNCc1cc(F)cnc1NCC(C)OC. The lowest BCUT2D eigenvalue weighted by atomic mass is 10.2. The first-order chi connectivity index (χ1) is 8.67. The van der Waals surface area contributed by atoms with Crippen molar-refractivity contribution in [1.82, 2.24) is 10.3 Å². The molecule has 0 fully saturated rings. The van der Waals surface area contributed by atoms with Crippen molar-refractivity contribution in [2.75, 3.05) is 25.5 Å². The number of hydrogen-bond acceptors (Lipinski definition) is 4. The number of halogens is 1. The normalized spacial score (nSPS) is 12.4. The molecule has 1 aromatic rings. The number of aromatic nitrogens is 1. The summed E-state index contributed by atoms with van der Waals surface area (Å²) in [7, 11) is 1.66. The van der Waals surface area contributed by atoms with Crippen molar-refractivity contribution in [3.05, 3.63) is 23.6 Å². The summed E-state index contributed by atoms with van der Waals surface area (Å²) in [6, 6.07) is 1.51. The molecule has 5 heteroatoms. The average Bonchev–Trinajstić information content (AvgIpc) is 2.37. The van der Waals surface area contributed by atoms with Gasteiger partial charge in [-0.15, -0.1) is 0 Å². The van der Waals surface area contributed by atoms with Crippen LogP contribution in [0.15, 0.2) is 12.3 Å². The number of hydrogen-bond donors (Lipinski definition) is 2. The molecular formula is C13H22FN3O. The highest BCUT2D eigenvalue weighted by molar-refractivity contribution is 5.44. The minimum atomic E-state index is -0.311. The highest BCUT2D eigenvalue weighted by atomic mass is 19.1. The second-order valence-corrected chi connectivity index (χ2v) is 4.27. The van der Waals surface area contributed by atoms with Crippen LogP contribution in [0.2, 0.25) is 0 Å². The number of pyridine rings is 1. The molecule has 4 nitrogen and oxygen atoms in total. The van der Waals surface area contributed by atoms with Crippen molar-refractivity contribution >= 4 is 5.82 Å². The molecule has 0 spiro atoms. The maximum absolute atomic E-state index is 13.2. The van der Waals surface area contributed by atoms with Gasteiger partial charge >= 0.3 is 0 Å². The molecule has 102 valence electrons. The summed E-state index contributed by atoms with van der Waals surface area (Å²) in [6.07, 6.45) is 2.36. The summed E-state index contributed by atoms with van der Waals surface area (Å²) in [5.41, 5.74) is 0.840. The lowest BCUT2D eigenvalue weighted by Gasteiger charge is -2.14. The van der Waals surface area contributed by atoms with Crippen LogP contribution in [0.25, 0.3) is 0 Å². The minimum Gasteiger partial charge on any atom is -0.380 e. The second kappa shape index (κ2) is 8.00. The molecule has 0 aliphatic heterocycles. The van der Waals surface area contributed by atoms with E-state index < -0.39 is 0 Å². The minimum absolute atomic E-state index is 0.0910. The molecule has 0 amide bonds. The molecular weight excluding hydrogens is 233 g/mol. The number of methoxy groups -OCH3 is 1. The van der Waals surface area contributed by atoms with Gasteiger partial charge < -0.3 is 15.4 Å². The fraction of sp³-hybridized carbons (Fsp3) is 0.615. The largest absolute Gasteiger partial charge is 0.380 e. The molecule has 0 saturated heterocycles. The Morgan fingerprint density at radius 2 is 2.28 bits per heavy atom. The van der Waals surface area contributed by atoms with Crippen LogP contribution in [0.1, 0.15) is 25.8 Å². The monoisotopic (exact) mass is 255 g/mol. The van der Waals surface area contributed by atoms with Crippen LogP contribution in [-0.2, 0) is 11.3 Å². The number of nitrogens with zero attached hydrogens (tertiary/aromatic N) is 1. The molecule has 1 unspecified atom stereocenters. The van der Waals surface area contributed by atoms with Gasteiger partial charge in [0.2, 0.25) is 0 Å². The van der Waals surface area contributed by atoms with Gasteiger partial charge in [0.15, 0.2) is 0 Å². The Bertz CT molecular complexity index is 360. The van der Waals surface area contributed by atoms with Gasteiger partial charge in [-0.05, 0) is 26.0 Å². The smallest absolute Gasteiger partial charge is 0.141 e. The highest BCUT2D eigenvalue weighted by Gasteiger charge is 2.07. The standard InChI is InChI=1S/C13H22FN3O/c1-4-5-15-8-11-6-12(14)9-17-13(11)16-7-10(2)18-3/h6,9-10,15H,4-5,7-8H2,1-3H3,(H,16,17). The van der Waals surface area contributed by atoms with Crippen LogP contribution >= 0.6 is 0 Å². The zero-order chi connectivity index (χ0) is 13.4. The van der Waals surface area contributed by atoms with Gasteiger partial charge in [0.25, 0.3) is 0 Å². The first-order valence-corrected chi connectivity index (χ1v) is 6.29. The summed E-state index contributed by atoms with van der Waals surface area (Å²) >= 11 is 0. The summed E-state index contributed by atoms with van der Waals surface area (Å²) in [4.78, 5) is 4.08. The molecule has 0 aromatic carbocycles. The van der Waals surface area contributed by atoms with Crippen molar-refractivity contribution < 1.29 is 9.13 Å². The van der Waals surface area contributed by atoms with Crippen LogP contribution in [0.3, 0.4) is 0 Å². The van der Waals surface area contributed by atoms with E-state index in [0.717, 1.165) is 18.5 Å². The number of anilines is 1. The van der Waals surface area contributed by atoms with Crippen LogP contribution in [0.4, 0.5) is 10.2 Å². The van der Waals surface area contributed by atoms with Crippen molar-refractivity contribution in [2.45, 2.75) is 32.9 Å². The quantitative estimate of drug-likeness (QED) is 0.699. The predicted octanol–water partition coefficient (Wildman–Crippen LogP) is 2.17. The van der Waals surface area contributed by atoms with Gasteiger partial charge in [-0.25, -0.2) is 9.37 Å². The van der Waals surface area contributed by atoms with Crippen LogP contribution < -0.4 is 10.6 Å². The number of ether oxygens (including phenoxy) is 1. The molecule has 0 radical (unpaired) electrons. The summed E-state index contributed by atoms with van der Waals surface area (Å²) in [5, 5.41) is 6.42. The van der Waals surface area contributed by atoms with E-state index in [1.165, 1.54) is 12.3 Å². The first kappa shape index (κ1) is 14.9. The molecule has 0 saturated carbocycles. The second-order valence-electron chi connectivity index (χ2n) is 4.27. The van der Waals surface area contributed by atoms with Gasteiger partial charge in [-0.2, -0.15) is 0 Å². The highest BCUT2D eigenvalue weighted by Crippen LogP contribution is 2.13. The van der Waals surface area contributed by atoms with Gasteiger partial charge in [0, 0.05) is 25.8 Å². The zero-order valence-corrected chi connectivity index (χ0v) is 11.3. The number of nitrogens with one attached hydrogen (secondary N) is 2. The van der Waals surface area contributed by atoms with E-state index in [4.69, 9.17) is 4.74 Å². The Hall–Kier alpha value is -1.20. The van der Waals surface area contributed by atoms with E-state index in [2.05, 4.69) is 22.5 Å². The van der Waals surface area contributed by atoms with Crippen LogP contribution in [0.5, 0.6) is 0 Å². The predicted molar refractivity (Wildman–Crippen MR) is 71.2 cm³/mol. The first-order valence-electron chi connectivity index (χ1n) is 6.29. The molecule has 1 heterocycles. The van der Waals surface area contributed by atoms with E-state index in [1.807, 2.05) is 6.92 Å². The summed E-state index contributed by atoms with van der Waals surface area (Å²) < 4.78 is 18.3. The molecule has 1 atom stereocenters. The summed E-state index contributed by atoms with van der Waals surface area (Å²) in [6.45, 7) is 6.23.